The summed E-state index contributed by atoms with van der Waals surface area (Å²) in [5.74, 6) is 1.33. The number of esters is 1. The maximum Gasteiger partial charge on any atom is 0.338 e. The van der Waals surface area contributed by atoms with Crippen LogP contribution in [0.4, 0.5) is 0 Å². The van der Waals surface area contributed by atoms with E-state index in [1.807, 2.05) is 52.0 Å². The molecule has 1 heterocycles. The van der Waals surface area contributed by atoms with Gasteiger partial charge in [0.2, 0.25) is 0 Å². The van der Waals surface area contributed by atoms with Crippen LogP contribution in [-0.2, 0) is 10.2 Å². The van der Waals surface area contributed by atoms with E-state index in [2.05, 4.69) is 26.0 Å². The summed E-state index contributed by atoms with van der Waals surface area (Å²) in [5.41, 5.74) is 2.91. The number of fused-ring (bicyclic) bond motifs is 1. The third-order valence-electron chi connectivity index (χ3n) is 6.83. The molecule has 0 bridgehead atoms. The molecule has 5 heteroatoms. The Balaban J connectivity index is 1.94. The second-order valence-electron chi connectivity index (χ2n) is 10.0. The molecule has 0 radical (unpaired) electrons. The predicted octanol–water partition coefficient (Wildman–Crippen LogP) is 6.81. The number of hydrogen-bond acceptors (Lipinski definition) is 5. The van der Waals surface area contributed by atoms with E-state index in [-0.39, 0.29) is 23.4 Å². The van der Waals surface area contributed by atoms with E-state index in [9.17, 15) is 9.90 Å². The smallest absolute Gasteiger partial charge is 0.338 e. The molecule has 5 nitrogen and oxygen atoms in total. The number of aliphatic hydroxyl groups is 1. The first-order valence-corrected chi connectivity index (χ1v) is 12.2. The normalized spacial score (nSPS) is 13.2. The monoisotopic (exact) mass is 466 g/mol. The highest BCUT2D eigenvalue weighted by Crippen LogP contribution is 2.42. The van der Waals surface area contributed by atoms with Gasteiger partial charge in [-0.05, 0) is 73.6 Å². The Kier molecular flexibility index (Phi) is 7.77. The van der Waals surface area contributed by atoms with Crippen LogP contribution in [0.15, 0.2) is 46.9 Å². The van der Waals surface area contributed by atoms with Gasteiger partial charge in [0.05, 0.1) is 23.7 Å². The molecule has 0 saturated carbocycles. The molecule has 0 saturated heterocycles. The average Bonchev–Trinajstić information content (AvgIpc) is 3.22. The summed E-state index contributed by atoms with van der Waals surface area (Å²) >= 11 is 0. The molecule has 3 aromatic rings. The van der Waals surface area contributed by atoms with Crippen molar-refractivity contribution in [1.82, 2.24) is 0 Å². The second kappa shape index (κ2) is 10.2. The van der Waals surface area contributed by atoms with Crippen LogP contribution >= 0.6 is 0 Å². The SMILES string of the molecule is CCOC(=O)c1ccc2oc(C(CC)(CC)c3ccc(OCC(O)C(C)(C)C)c(C)c3)cc2c1. The van der Waals surface area contributed by atoms with Gasteiger partial charge in [-0.3, -0.25) is 0 Å². The van der Waals surface area contributed by atoms with Crippen molar-refractivity contribution in [1.29, 1.82) is 0 Å². The molecule has 0 aliphatic rings. The van der Waals surface area contributed by atoms with Gasteiger partial charge in [-0.1, -0.05) is 46.8 Å². The molecular weight excluding hydrogens is 428 g/mol. The van der Waals surface area contributed by atoms with E-state index in [1.54, 1.807) is 13.0 Å². The molecule has 34 heavy (non-hydrogen) atoms. The Labute approximate surface area is 203 Å². The first-order valence-electron chi connectivity index (χ1n) is 12.2. The summed E-state index contributed by atoms with van der Waals surface area (Å²) in [6, 6.07) is 13.7. The molecule has 1 aromatic heterocycles. The Morgan fingerprint density at radius 1 is 1.03 bits per heavy atom. The Hall–Kier alpha value is -2.79. The van der Waals surface area contributed by atoms with Gasteiger partial charge in [0.15, 0.2) is 0 Å². The summed E-state index contributed by atoms with van der Waals surface area (Å²) in [4.78, 5) is 12.2. The van der Waals surface area contributed by atoms with Gasteiger partial charge < -0.3 is 19.0 Å². The number of carbonyl (C=O) groups is 1. The molecule has 3 rings (SSSR count). The van der Waals surface area contributed by atoms with Gasteiger partial charge in [-0.2, -0.15) is 0 Å². The minimum Gasteiger partial charge on any atom is -0.491 e. The Bertz CT molecular complexity index is 1130. The van der Waals surface area contributed by atoms with E-state index >= 15 is 0 Å². The van der Waals surface area contributed by atoms with Crippen molar-refractivity contribution in [2.75, 3.05) is 13.2 Å². The maximum absolute atomic E-state index is 12.2. The molecule has 0 amide bonds. The molecule has 1 unspecified atom stereocenters. The van der Waals surface area contributed by atoms with Gasteiger partial charge in [-0.15, -0.1) is 0 Å². The highest BCUT2D eigenvalue weighted by atomic mass is 16.5. The van der Waals surface area contributed by atoms with E-state index in [4.69, 9.17) is 13.9 Å². The number of ether oxygens (including phenoxy) is 2. The summed E-state index contributed by atoms with van der Waals surface area (Å²) in [6.07, 6.45) is 1.17. The Morgan fingerprint density at radius 2 is 1.74 bits per heavy atom. The zero-order valence-electron chi connectivity index (χ0n) is 21.5. The molecule has 1 N–H and O–H groups in total. The second-order valence-corrected chi connectivity index (χ2v) is 10.0. The number of rotatable bonds is 9. The van der Waals surface area contributed by atoms with Crippen molar-refractivity contribution < 1.29 is 23.8 Å². The van der Waals surface area contributed by atoms with Gasteiger partial charge >= 0.3 is 5.97 Å². The summed E-state index contributed by atoms with van der Waals surface area (Å²) < 4.78 is 17.4. The summed E-state index contributed by atoms with van der Waals surface area (Å²) in [5, 5.41) is 11.2. The molecular formula is C29H38O5. The van der Waals surface area contributed by atoms with Crippen LogP contribution in [0.2, 0.25) is 0 Å². The van der Waals surface area contributed by atoms with E-state index in [0.29, 0.717) is 12.2 Å². The molecule has 0 aliphatic carbocycles. The van der Waals surface area contributed by atoms with Crippen LogP contribution in [0.25, 0.3) is 11.0 Å². The highest BCUT2D eigenvalue weighted by molar-refractivity contribution is 5.94. The lowest BCUT2D eigenvalue weighted by Crippen LogP contribution is -2.32. The van der Waals surface area contributed by atoms with Gasteiger partial charge in [0.1, 0.15) is 23.7 Å². The van der Waals surface area contributed by atoms with Crippen molar-refractivity contribution in [2.24, 2.45) is 5.41 Å². The summed E-state index contributed by atoms with van der Waals surface area (Å²) in [6.45, 7) is 14.8. The van der Waals surface area contributed by atoms with Crippen LogP contribution < -0.4 is 4.74 Å². The van der Waals surface area contributed by atoms with Crippen LogP contribution in [0.3, 0.4) is 0 Å². The lowest BCUT2D eigenvalue weighted by molar-refractivity contribution is 0.0216. The summed E-state index contributed by atoms with van der Waals surface area (Å²) in [7, 11) is 0. The third-order valence-corrected chi connectivity index (χ3v) is 6.83. The number of carbonyl (C=O) groups excluding carboxylic acids is 1. The molecule has 0 spiro atoms. The van der Waals surface area contributed by atoms with Gasteiger partial charge in [-0.25, -0.2) is 4.79 Å². The minimum atomic E-state index is -0.549. The van der Waals surface area contributed by atoms with Crippen LogP contribution in [0.1, 0.15) is 81.6 Å². The number of hydrogen-bond donors (Lipinski definition) is 1. The highest BCUT2D eigenvalue weighted by Gasteiger charge is 2.35. The first kappa shape index (κ1) is 25.8. The van der Waals surface area contributed by atoms with Crippen LogP contribution in [-0.4, -0.2) is 30.4 Å². The van der Waals surface area contributed by atoms with Crippen LogP contribution in [0, 0.1) is 12.3 Å². The van der Waals surface area contributed by atoms with Crippen LogP contribution in [0.5, 0.6) is 5.75 Å². The fourth-order valence-electron chi connectivity index (χ4n) is 4.30. The quantitative estimate of drug-likeness (QED) is 0.351. The minimum absolute atomic E-state index is 0.234. The van der Waals surface area contributed by atoms with Crippen molar-refractivity contribution in [3.05, 3.63) is 64.9 Å². The zero-order chi connectivity index (χ0) is 25.1. The van der Waals surface area contributed by atoms with Crippen molar-refractivity contribution >= 4 is 16.9 Å². The molecule has 1 atom stereocenters. The van der Waals surface area contributed by atoms with Gasteiger partial charge in [0, 0.05) is 5.39 Å². The Morgan fingerprint density at radius 3 is 2.32 bits per heavy atom. The zero-order valence-corrected chi connectivity index (χ0v) is 21.5. The maximum atomic E-state index is 12.2. The third kappa shape index (κ3) is 5.15. The fourth-order valence-corrected chi connectivity index (χ4v) is 4.30. The lowest BCUT2D eigenvalue weighted by Gasteiger charge is -2.31. The van der Waals surface area contributed by atoms with E-state index < -0.39 is 6.10 Å². The molecule has 184 valence electrons. The lowest BCUT2D eigenvalue weighted by atomic mass is 9.73. The van der Waals surface area contributed by atoms with Crippen molar-refractivity contribution in [3.8, 4) is 5.75 Å². The number of furan rings is 1. The number of aliphatic hydroxyl groups excluding tert-OH is 1. The van der Waals surface area contributed by atoms with Crippen molar-refractivity contribution in [2.45, 2.75) is 72.8 Å². The predicted molar refractivity (Wildman–Crippen MR) is 136 cm³/mol. The number of aryl methyl sites for hydroxylation is 1. The molecule has 0 fully saturated rings. The van der Waals surface area contributed by atoms with E-state index in [0.717, 1.165) is 46.4 Å². The largest absolute Gasteiger partial charge is 0.491 e. The van der Waals surface area contributed by atoms with E-state index in [1.165, 1.54) is 0 Å². The molecule has 2 aromatic carbocycles. The number of benzene rings is 2. The fraction of sp³-hybridized carbons (Fsp3) is 0.483. The average molecular weight is 467 g/mol. The van der Waals surface area contributed by atoms with Crippen molar-refractivity contribution in [3.63, 3.8) is 0 Å². The first-order chi connectivity index (χ1) is 16.1. The topological polar surface area (TPSA) is 68.9 Å². The van der Waals surface area contributed by atoms with Gasteiger partial charge in [0.25, 0.3) is 0 Å². The molecule has 0 aliphatic heterocycles. The standard InChI is InChI=1S/C29H38O5/c1-8-29(9-2,22-12-14-23(19(4)15-22)33-18-25(30)28(5,6)7)26-17-21-16-20(27(31)32-10-3)11-13-24(21)34-26/h11-17,25,30H,8-10,18H2,1-7H3.